The Hall–Kier alpha value is -2.05. The molecule has 0 saturated heterocycles. The molecule has 1 radical (unpaired) electrons. The zero-order valence-corrected chi connectivity index (χ0v) is 7.63. The Morgan fingerprint density at radius 2 is 1.88 bits per heavy atom. The summed E-state index contributed by atoms with van der Waals surface area (Å²) in [6.07, 6.45) is -4.50. The molecule has 0 aromatic heterocycles. The van der Waals surface area contributed by atoms with E-state index >= 15 is 0 Å². The summed E-state index contributed by atoms with van der Waals surface area (Å²) in [5, 5.41) is 5.37. The molecule has 16 heavy (non-hydrogen) atoms. The maximum atomic E-state index is 12.3. The summed E-state index contributed by atoms with van der Waals surface area (Å²) >= 11 is 0. The molecular formula is C9H4F3N2O2. The SMILES string of the molecule is O=C1[N]c2ccc(C(F)(F)F)cc2NC1=O. The minimum absolute atomic E-state index is 0.0256. The van der Waals surface area contributed by atoms with Crippen molar-refractivity contribution in [3.05, 3.63) is 23.8 Å². The lowest BCUT2D eigenvalue weighted by atomic mass is 10.1. The first-order valence-electron chi connectivity index (χ1n) is 4.16. The Labute approximate surface area is 87.4 Å². The molecular weight excluding hydrogens is 225 g/mol. The third kappa shape index (κ3) is 1.71. The molecule has 0 spiro atoms. The molecule has 1 aromatic carbocycles. The second kappa shape index (κ2) is 3.22. The largest absolute Gasteiger partial charge is 0.416 e. The summed E-state index contributed by atoms with van der Waals surface area (Å²) in [5.41, 5.74) is -0.992. The van der Waals surface area contributed by atoms with Crippen molar-refractivity contribution in [1.29, 1.82) is 0 Å². The fraction of sp³-hybridized carbons (Fsp3) is 0.111. The monoisotopic (exact) mass is 229 g/mol. The van der Waals surface area contributed by atoms with E-state index < -0.39 is 23.6 Å². The fourth-order valence-corrected chi connectivity index (χ4v) is 1.25. The molecule has 0 fully saturated rings. The Kier molecular flexibility index (Phi) is 2.11. The maximum Gasteiger partial charge on any atom is 0.416 e. The average Bonchev–Trinajstić information content (AvgIpc) is 2.17. The van der Waals surface area contributed by atoms with E-state index in [1.807, 2.05) is 5.32 Å². The van der Waals surface area contributed by atoms with Gasteiger partial charge in [-0.05, 0) is 18.2 Å². The second-order valence-electron chi connectivity index (χ2n) is 3.10. The lowest BCUT2D eigenvalue weighted by molar-refractivity contribution is -0.137. The molecule has 0 saturated carbocycles. The van der Waals surface area contributed by atoms with Crippen molar-refractivity contribution in [2.75, 3.05) is 5.32 Å². The van der Waals surface area contributed by atoms with Gasteiger partial charge in [0, 0.05) is 0 Å². The van der Waals surface area contributed by atoms with E-state index in [1.165, 1.54) is 0 Å². The molecule has 0 atom stereocenters. The van der Waals surface area contributed by atoms with Crippen LogP contribution in [0.25, 0.3) is 0 Å². The molecule has 1 N–H and O–H groups in total. The minimum Gasteiger partial charge on any atom is -0.316 e. The number of nitrogens with one attached hydrogen (secondary N) is 1. The summed E-state index contributed by atoms with van der Waals surface area (Å²) < 4.78 is 37.0. The van der Waals surface area contributed by atoms with Gasteiger partial charge in [-0.15, -0.1) is 0 Å². The molecule has 1 aliphatic rings. The number of fused-ring (bicyclic) bond motifs is 1. The van der Waals surface area contributed by atoms with Crippen LogP contribution in [0.15, 0.2) is 18.2 Å². The van der Waals surface area contributed by atoms with Crippen molar-refractivity contribution in [2.24, 2.45) is 0 Å². The Morgan fingerprint density at radius 3 is 2.50 bits per heavy atom. The Bertz CT molecular complexity index is 482. The molecule has 1 aromatic rings. The van der Waals surface area contributed by atoms with Crippen LogP contribution in [0.1, 0.15) is 5.56 Å². The molecule has 0 bridgehead atoms. The van der Waals surface area contributed by atoms with Gasteiger partial charge < -0.3 is 5.32 Å². The van der Waals surface area contributed by atoms with Gasteiger partial charge in [-0.1, -0.05) is 0 Å². The number of halogens is 3. The van der Waals surface area contributed by atoms with Crippen molar-refractivity contribution < 1.29 is 22.8 Å². The smallest absolute Gasteiger partial charge is 0.316 e. The highest BCUT2D eigenvalue weighted by Gasteiger charge is 2.33. The van der Waals surface area contributed by atoms with Crippen LogP contribution in [0, 0.1) is 0 Å². The van der Waals surface area contributed by atoms with Crippen LogP contribution < -0.4 is 10.6 Å². The Balaban J connectivity index is 2.44. The number of carbonyl (C=O) groups excluding carboxylic acids is 2. The van der Waals surface area contributed by atoms with Gasteiger partial charge >= 0.3 is 18.0 Å². The highest BCUT2D eigenvalue weighted by atomic mass is 19.4. The molecule has 7 heteroatoms. The van der Waals surface area contributed by atoms with E-state index in [1.54, 1.807) is 0 Å². The molecule has 4 nitrogen and oxygen atoms in total. The van der Waals surface area contributed by atoms with Crippen molar-refractivity contribution >= 4 is 23.2 Å². The van der Waals surface area contributed by atoms with Crippen LogP contribution >= 0.6 is 0 Å². The second-order valence-corrected chi connectivity index (χ2v) is 3.10. The summed E-state index contributed by atoms with van der Waals surface area (Å²) in [7, 11) is 0. The van der Waals surface area contributed by atoms with Crippen LogP contribution in [0.5, 0.6) is 0 Å². The van der Waals surface area contributed by atoms with E-state index in [0.717, 1.165) is 18.2 Å². The van der Waals surface area contributed by atoms with Crippen molar-refractivity contribution in [1.82, 2.24) is 5.32 Å². The first-order valence-corrected chi connectivity index (χ1v) is 4.16. The summed E-state index contributed by atoms with van der Waals surface area (Å²) in [4.78, 5) is 21.7. The first kappa shape index (κ1) is 10.5. The first-order chi connectivity index (χ1) is 7.38. The fourth-order valence-electron chi connectivity index (χ4n) is 1.25. The van der Waals surface area contributed by atoms with Gasteiger partial charge in [0.2, 0.25) is 0 Å². The molecule has 2 amide bonds. The zero-order valence-electron chi connectivity index (χ0n) is 7.63. The van der Waals surface area contributed by atoms with Crippen LogP contribution in [0.3, 0.4) is 0 Å². The van der Waals surface area contributed by atoms with E-state index in [4.69, 9.17) is 0 Å². The third-order valence-electron chi connectivity index (χ3n) is 1.99. The van der Waals surface area contributed by atoms with Crippen LogP contribution in [0.4, 0.5) is 24.5 Å². The number of anilines is 1. The topological polar surface area (TPSA) is 60.3 Å². The van der Waals surface area contributed by atoms with E-state index in [0.29, 0.717) is 0 Å². The predicted molar refractivity (Wildman–Crippen MR) is 46.9 cm³/mol. The molecule has 0 aliphatic carbocycles. The molecule has 0 unspecified atom stereocenters. The number of nitrogens with zero attached hydrogens (tertiary/aromatic N) is 1. The number of rotatable bonds is 0. The van der Waals surface area contributed by atoms with Crippen molar-refractivity contribution in [2.45, 2.75) is 6.18 Å². The number of benzene rings is 1. The maximum absolute atomic E-state index is 12.3. The number of alkyl halides is 3. The third-order valence-corrected chi connectivity index (χ3v) is 1.99. The van der Waals surface area contributed by atoms with E-state index in [9.17, 15) is 22.8 Å². The summed E-state index contributed by atoms with van der Waals surface area (Å²) in [6.45, 7) is 0. The minimum atomic E-state index is -4.50. The highest BCUT2D eigenvalue weighted by molar-refractivity contribution is 6.42. The summed E-state index contributed by atoms with van der Waals surface area (Å²) in [6, 6.07) is 2.58. The van der Waals surface area contributed by atoms with Crippen LogP contribution in [-0.2, 0) is 15.8 Å². The van der Waals surface area contributed by atoms with Crippen molar-refractivity contribution in [3.8, 4) is 0 Å². The van der Waals surface area contributed by atoms with Crippen LogP contribution in [0.2, 0.25) is 0 Å². The normalized spacial score (nSPS) is 15.2. The Morgan fingerprint density at radius 1 is 1.19 bits per heavy atom. The number of carbonyl (C=O) groups is 2. The van der Waals surface area contributed by atoms with E-state index in [-0.39, 0.29) is 11.4 Å². The van der Waals surface area contributed by atoms with Gasteiger partial charge in [0.15, 0.2) is 0 Å². The average molecular weight is 229 g/mol. The number of hydrogen-bond acceptors (Lipinski definition) is 2. The van der Waals surface area contributed by atoms with E-state index in [2.05, 4.69) is 5.32 Å². The number of amides is 2. The molecule has 1 heterocycles. The van der Waals surface area contributed by atoms with Crippen molar-refractivity contribution in [3.63, 3.8) is 0 Å². The molecule has 83 valence electrons. The van der Waals surface area contributed by atoms with Gasteiger partial charge in [0.1, 0.15) is 0 Å². The zero-order chi connectivity index (χ0) is 11.9. The molecule has 1 aliphatic heterocycles. The standard InChI is InChI=1S/C9H4F3N2O2/c10-9(11,12)4-1-2-5-6(3-4)14-8(16)7(15)13-5/h1-3H,(H,14,16). The number of hydrogen-bond donors (Lipinski definition) is 1. The lowest BCUT2D eigenvalue weighted by Crippen LogP contribution is -2.33. The molecule has 2 rings (SSSR count). The summed E-state index contributed by atoms with van der Waals surface area (Å²) in [5.74, 6) is -2.06. The van der Waals surface area contributed by atoms with Gasteiger partial charge in [0.05, 0.1) is 16.9 Å². The van der Waals surface area contributed by atoms with Gasteiger partial charge in [-0.2, -0.15) is 13.2 Å². The van der Waals surface area contributed by atoms with Crippen LogP contribution in [-0.4, -0.2) is 11.8 Å². The quantitative estimate of drug-likeness (QED) is 0.684. The lowest BCUT2D eigenvalue weighted by Gasteiger charge is -2.16. The predicted octanol–water partition coefficient (Wildman–Crippen LogP) is 1.42. The highest BCUT2D eigenvalue weighted by Crippen LogP contribution is 2.34. The van der Waals surface area contributed by atoms with Gasteiger partial charge in [-0.25, -0.2) is 5.32 Å². The van der Waals surface area contributed by atoms with Gasteiger partial charge in [0.25, 0.3) is 0 Å². The van der Waals surface area contributed by atoms with Gasteiger partial charge in [-0.3, -0.25) is 9.59 Å².